The van der Waals surface area contributed by atoms with E-state index in [0.717, 1.165) is 25.9 Å². The second-order valence-electron chi connectivity index (χ2n) is 6.14. The van der Waals surface area contributed by atoms with Gasteiger partial charge in [-0.15, -0.1) is 0 Å². The average Bonchev–Trinajstić information content (AvgIpc) is 2.65. The number of hydrogen-bond acceptors (Lipinski definition) is 5. The van der Waals surface area contributed by atoms with E-state index >= 15 is 0 Å². The highest BCUT2D eigenvalue weighted by atomic mass is 35.5. The zero-order chi connectivity index (χ0) is 18.5. The van der Waals surface area contributed by atoms with Crippen LogP contribution in [0.15, 0.2) is 30.6 Å². The summed E-state index contributed by atoms with van der Waals surface area (Å²) in [5.74, 6) is 0.815. The van der Waals surface area contributed by atoms with Crippen molar-refractivity contribution in [2.24, 2.45) is 5.92 Å². The number of carbonyl (C=O) groups is 1. The molecular formula is C18H17Cl2N5O. The van der Waals surface area contributed by atoms with Crippen molar-refractivity contribution in [2.45, 2.75) is 12.8 Å². The molecule has 1 aromatic carbocycles. The molecule has 1 aliphatic heterocycles. The average molecular weight is 390 g/mol. The predicted octanol–water partition coefficient (Wildman–Crippen LogP) is 3.30. The Bertz CT molecular complexity index is 823. The molecule has 3 rings (SSSR count). The van der Waals surface area contributed by atoms with E-state index in [-0.39, 0.29) is 5.91 Å². The Morgan fingerprint density at radius 3 is 2.50 bits per heavy atom. The summed E-state index contributed by atoms with van der Waals surface area (Å²) < 4.78 is 0. The number of carbonyl (C=O) groups excluding carboxylic acids is 1. The van der Waals surface area contributed by atoms with Crippen LogP contribution >= 0.6 is 23.2 Å². The van der Waals surface area contributed by atoms with Crippen molar-refractivity contribution < 1.29 is 4.79 Å². The van der Waals surface area contributed by atoms with Gasteiger partial charge in [-0.2, -0.15) is 5.26 Å². The van der Waals surface area contributed by atoms with Crippen molar-refractivity contribution in [3.8, 4) is 6.07 Å². The van der Waals surface area contributed by atoms with Gasteiger partial charge in [-0.05, 0) is 37.0 Å². The van der Waals surface area contributed by atoms with Gasteiger partial charge in [0.1, 0.15) is 6.07 Å². The maximum atomic E-state index is 12.3. The van der Waals surface area contributed by atoms with E-state index in [2.05, 4.69) is 26.3 Å². The summed E-state index contributed by atoms with van der Waals surface area (Å²) in [6.45, 7) is 2.14. The molecule has 6 nitrogen and oxygen atoms in total. The van der Waals surface area contributed by atoms with Crippen molar-refractivity contribution in [3.05, 3.63) is 51.9 Å². The van der Waals surface area contributed by atoms with Gasteiger partial charge in [0.2, 0.25) is 0 Å². The highest BCUT2D eigenvalue weighted by molar-refractivity contribution is 6.35. The zero-order valence-electron chi connectivity index (χ0n) is 14.0. The Kier molecular flexibility index (Phi) is 5.92. The second-order valence-corrected chi connectivity index (χ2v) is 7.01. The molecule has 0 spiro atoms. The van der Waals surface area contributed by atoms with Crippen molar-refractivity contribution in [3.63, 3.8) is 0 Å². The molecule has 0 atom stereocenters. The lowest BCUT2D eigenvalue weighted by atomic mass is 9.96. The van der Waals surface area contributed by atoms with Crippen molar-refractivity contribution in [1.29, 1.82) is 5.26 Å². The third-order valence-electron chi connectivity index (χ3n) is 4.37. The topological polar surface area (TPSA) is 81.9 Å². The van der Waals surface area contributed by atoms with Crippen molar-refractivity contribution in [2.75, 3.05) is 24.5 Å². The number of amides is 1. The third kappa shape index (κ3) is 4.43. The van der Waals surface area contributed by atoms with E-state index < -0.39 is 0 Å². The van der Waals surface area contributed by atoms with Crippen molar-refractivity contribution in [1.82, 2.24) is 15.3 Å². The zero-order valence-corrected chi connectivity index (χ0v) is 15.5. The molecule has 8 heteroatoms. The monoisotopic (exact) mass is 389 g/mol. The van der Waals surface area contributed by atoms with E-state index in [1.165, 1.54) is 6.20 Å². The fraction of sp³-hybridized carbons (Fsp3) is 0.333. The fourth-order valence-corrected chi connectivity index (χ4v) is 3.54. The molecule has 0 saturated carbocycles. The molecule has 0 unspecified atom stereocenters. The standard InChI is InChI=1S/C18H17Cl2N5O/c19-14-7-13(8-15(20)9-14)18(26)24-11-12-1-5-25(6-2-12)17-16(10-21)22-3-4-23-17/h3-4,7-9,12H,1-2,5-6,11H2,(H,24,26). The van der Waals surface area contributed by atoms with Crippen LogP contribution in [-0.4, -0.2) is 35.5 Å². The molecule has 0 radical (unpaired) electrons. The van der Waals surface area contributed by atoms with Crippen LogP contribution in [0.1, 0.15) is 28.9 Å². The SMILES string of the molecule is N#Cc1nccnc1N1CCC(CNC(=O)c2cc(Cl)cc(Cl)c2)CC1. The Morgan fingerprint density at radius 2 is 1.85 bits per heavy atom. The molecule has 134 valence electrons. The first-order chi connectivity index (χ1) is 12.6. The molecule has 1 N–H and O–H groups in total. The number of rotatable bonds is 4. The van der Waals surface area contributed by atoms with Gasteiger partial charge < -0.3 is 10.2 Å². The summed E-state index contributed by atoms with van der Waals surface area (Å²) in [5, 5.41) is 13.0. The Balaban J connectivity index is 1.53. The number of nitrogens with one attached hydrogen (secondary N) is 1. The molecular weight excluding hydrogens is 373 g/mol. The summed E-state index contributed by atoms with van der Waals surface area (Å²) in [7, 11) is 0. The summed E-state index contributed by atoms with van der Waals surface area (Å²) >= 11 is 11.9. The first kappa shape index (κ1) is 18.4. The Hall–Kier alpha value is -2.36. The van der Waals surface area contributed by atoms with Crippen LogP contribution in [0.2, 0.25) is 10.0 Å². The summed E-state index contributed by atoms with van der Waals surface area (Å²) in [6.07, 6.45) is 4.92. The van der Waals surface area contributed by atoms with Gasteiger partial charge in [0.05, 0.1) is 0 Å². The van der Waals surface area contributed by atoms with Gasteiger partial charge in [0.15, 0.2) is 11.5 Å². The van der Waals surface area contributed by atoms with Crippen LogP contribution in [0.4, 0.5) is 5.82 Å². The number of halogens is 2. The van der Waals surface area contributed by atoms with E-state index in [4.69, 9.17) is 28.5 Å². The third-order valence-corrected chi connectivity index (χ3v) is 4.81. The fourth-order valence-electron chi connectivity index (χ4n) is 3.01. The molecule has 1 fully saturated rings. The van der Waals surface area contributed by atoms with Crippen molar-refractivity contribution >= 4 is 34.9 Å². The lowest BCUT2D eigenvalue weighted by Gasteiger charge is -2.32. The molecule has 0 bridgehead atoms. The molecule has 0 aliphatic carbocycles. The van der Waals surface area contributed by atoms with E-state index in [9.17, 15) is 4.79 Å². The quantitative estimate of drug-likeness (QED) is 0.866. The van der Waals surface area contributed by atoms with Crippen LogP contribution in [-0.2, 0) is 0 Å². The number of piperidine rings is 1. The first-order valence-electron chi connectivity index (χ1n) is 8.27. The Morgan fingerprint density at radius 1 is 1.19 bits per heavy atom. The highest BCUT2D eigenvalue weighted by Crippen LogP contribution is 2.23. The summed E-state index contributed by atoms with van der Waals surface area (Å²) in [6, 6.07) is 6.87. The number of anilines is 1. The maximum absolute atomic E-state index is 12.3. The number of benzene rings is 1. The first-order valence-corrected chi connectivity index (χ1v) is 9.02. The summed E-state index contributed by atoms with van der Waals surface area (Å²) in [5.41, 5.74) is 0.801. The molecule has 2 heterocycles. The Labute approximate surface area is 161 Å². The molecule has 1 aromatic heterocycles. The molecule has 1 saturated heterocycles. The van der Waals surface area contributed by atoms with Gasteiger partial charge in [-0.25, -0.2) is 9.97 Å². The van der Waals surface area contributed by atoms with E-state index in [0.29, 0.717) is 39.6 Å². The van der Waals surface area contributed by atoms with Crippen LogP contribution in [0.25, 0.3) is 0 Å². The predicted molar refractivity (Wildman–Crippen MR) is 100 cm³/mol. The normalized spacial score (nSPS) is 14.7. The van der Waals surface area contributed by atoms with E-state index in [1.54, 1.807) is 24.4 Å². The lowest BCUT2D eigenvalue weighted by Crippen LogP contribution is -2.39. The number of nitrogens with zero attached hydrogens (tertiary/aromatic N) is 4. The maximum Gasteiger partial charge on any atom is 0.251 e. The van der Waals surface area contributed by atoms with Gasteiger partial charge in [0, 0.05) is 47.6 Å². The van der Waals surface area contributed by atoms with Crippen LogP contribution < -0.4 is 10.2 Å². The molecule has 26 heavy (non-hydrogen) atoms. The van der Waals surface area contributed by atoms with Gasteiger partial charge in [-0.1, -0.05) is 23.2 Å². The van der Waals surface area contributed by atoms with Crippen LogP contribution in [0.5, 0.6) is 0 Å². The molecule has 1 aliphatic rings. The minimum atomic E-state index is -0.183. The molecule has 1 amide bonds. The largest absolute Gasteiger partial charge is 0.354 e. The van der Waals surface area contributed by atoms with Crippen LogP contribution in [0, 0.1) is 17.2 Å². The van der Waals surface area contributed by atoms with Gasteiger partial charge in [-0.3, -0.25) is 4.79 Å². The number of aromatic nitrogens is 2. The van der Waals surface area contributed by atoms with Gasteiger partial charge >= 0.3 is 0 Å². The second kappa shape index (κ2) is 8.35. The van der Waals surface area contributed by atoms with E-state index in [1.807, 2.05) is 0 Å². The number of hydrogen-bond donors (Lipinski definition) is 1. The van der Waals surface area contributed by atoms with Gasteiger partial charge in [0.25, 0.3) is 5.91 Å². The smallest absolute Gasteiger partial charge is 0.251 e. The lowest BCUT2D eigenvalue weighted by molar-refractivity contribution is 0.0945. The highest BCUT2D eigenvalue weighted by Gasteiger charge is 2.23. The molecule has 2 aromatic rings. The minimum Gasteiger partial charge on any atom is -0.354 e. The minimum absolute atomic E-state index is 0.183. The van der Waals surface area contributed by atoms with Crippen LogP contribution in [0.3, 0.4) is 0 Å². The number of nitriles is 1. The summed E-state index contributed by atoms with van der Waals surface area (Å²) in [4.78, 5) is 22.7.